The van der Waals surface area contributed by atoms with E-state index >= 15 is 0 Å². The van der Waals surface area contributed by atoms with Crippen LogP contribution in [0.1, 0.15) is 44.1 Å². The van der Waals surface area contributed by atoms with Crippen LogP contribution in [0.2, 0.25) is 0 Å². The van der Waals surface area contributed by atoms with E-state index in [2.05, 4.69) is 21.6 Å². The molecule has 0 atom stereocenters. The minimum absolute atomic E-state index is 0.0974. The first-order valence-electron chi connectivity index (χ1n) is 8.65. The monoisotopic (exact) mass is 344 g/mol. The van der Waals surface area contributed by atoms with Crippen LogP contribution >= 0.6 is 12.2 Å². The second-order valence-electron chi connectivity index (χ2n) is 6.53. The zero-order valence-electron chi connectivity index (χ0n) is 14.0. The first-order valence-corrected chi connectivity index (χ1v) is 9.06. The number of carbonyl (C=O) groups excluding carboxylic acids is 1. The molecule has 1 aliphatic rings. The minimum atomic E-state index is 0.0974. The first-order chi connectivity index (χ1) is 11.6. The zero-order chi connectivity index (χ0) is 16.9. The minimum Gasteiger partial charge on any atom is -0.353 e. The maximum absolute atomic E-state index is 12.2. The number of H-pyrrole nitrogens is 1. The highest BCUT2D eigenvalue weighted by Crippen LogP contribution is 2.19. The number of hydrogen-bond acceptors (Lipinski definition) is 3. The van der Waals surface area contributed by atoms with Crippen LogP contribution in [0.15, 0.2) is 24.3 Å². The van der Waals surface area contributed by atoms with Gasteiger partial charge in [0.15, 0.2) is 10.6 Å². The summed E-state index contributed by atoms with van der Waals surface area (Å²) in [5, 5.41) is 10.3. The third-order valence-corrected chi connectivity index (χ3v) is 4.88. The van der Waals surface area contributed by atoms with Crippen molar-refractivity contribution in [3.63, 3.8) is 0 Å². The molecule has 1 aliphatic carbocycles. The van der Waals surface area contributed by atoms with Crippen LogP contribution in [-0.4, -0.2) is 26.7 Å². The Hall–Kier alpha value is -1.95. The summed E-state index contributed by atoms with van der Waals surface area (Å²) in [6.07, 6.45) is 6.35. The highest BCUT2D eigenvalue weighted by molar-refractivity contribution is 7.71. The molecule has 0 unspecified atom stereocenters. The predicted molar refractivity (Wildman–Crippen MR) is 97.2 cm³/mol. The van der Waals surface area contributed by atoms with Gasteiger partial charge in [0.1, 0.15) is 0 Å². The number of rotatable bonds is 5. The number of carbonyl (C=O) groups is 1. The largest absolute Gasteiger partial charge is 0.353 e. The van der Waals surface area contributed by atoms with Gasteiger partial charge in [-0.2, -0.15) is 5.10 Å². The van der Waals surface area contributed by atoms with Crippen molar-refractivity contribution in [3.05, 3.63) is 34.6 Å². The Bertz CT molecular complexity index is 758. The van der Waals surface area contributed by atoms with Gasteiger partial charge in [0, 0.05) is 24.6 Å². The molecule has 1 saturated carbocycles. The summed E-state index contributed by atoms with van der Waals surface area (Å²) in [6, 6.07) is 8.48. The van der Waals surface area contributed by atoms with Gasteiger partial charge in [-0.1, -0.05) is 43.0 Å². The average molecular weight is 344 g/mol. The summed E-state index contributed by atoms with van der Waals surface area (Å²) in [6.45, 7) is 2.59. The van der Waals surface area contributed by atoms with Crippen molar-refractivity contribution >= 4 is 18.1 Å². The molecule has 1 aromatic heterocycles. The summed E-state index contributed by atoms with van der Waals surface area (Å²) >= 11 is 5.33. The zero-order valence-corrected chi connectivity index (χ0v) is 14.9. The fourth-order valence-corrected chi connectivity index (χ4v) is 3.51. The lowest BCUT2D eigenvalue weighted by Crippen LogP contribution is -2.36. The second kappa shape index (κ2) is 7.75. The average Bonchev–Trinajstić information content (AvgIpc) is 2.95. The highest BCUT2D eigenvalue weighted by atomic mass is 32.1. The lowest BCUT2D eigenvalue weighted by Gasteiger charge is -2.22. The van der Waals surface area contributed by atoms with Crippen molar-refractivity contribution in [3.8, 4) is 11.4 Å². The van der Waals surface area contributed by atoms with Gasteiger partial charge < -0.3 is 5.32 Å². The number of aromatic nitrogens is 3. The number of nitrogens with zero attached hydrogens (tertiary/aromatic N) is 2. The third kappa shape index (κ3) is 4.12. The fourth-order valence-electron chi connectivity index (χ4n) is 3.29. The van der Waals surface area contributed by atoms with Crippen LogP contribution in [0.5, 0.6) is 0 Å². The molecule has 3 rings (SSSR count). The fraction of sp³-hybridized carbons (Fsp3) is 0.500. The van der Waals surface area contributed by atoms with E-state index in [1.54, 1.807) is 0 Å². The molecule has 2 N–H and O–H groups in total. The standard InChI is InChI=1S/C18H24N4OS/c1-13-6-5-7-14(12-13)17-20-21-18(24)22(17)11-10-16(23)19-15-8-3-2-4-9-15/h5-7,12,15H,2-4,8-11H2,1H3,(H,19,23)(H,21,24). The summed E-state index contributed by atoms with van der Waals surface area (Å²) < 4.78 is 2.46. The van der Waals surface area contributed by atoms with E-state index in [1.807, 2.05) is 29.7 Å². The second-order valence-corrected chi connectivity index (χ2v) is 6.91. The van der Waals surface area contributed by atoms with Crippen molar-refractivity contribution in [2.75, 3.05) is 0 Å². The van der Waals surface area contributed by atoms with Crippen molar-refractivity contribution < 1.29 is 4.79 Å². The number of benzene rings is 1. The molecular weight excluding hydrogens is 320 g/mol. The Labute approximate surface area is 147 Å². The van der Waals surface area contributed by atoms with E-state index in [9.17, 15) is 4.79 Å². The van der Waals surface area contributed by atoms with Crippen LogP contribution in [0.25, 0.3) is 11.4 Å². The molecule has 128 valence electrons. The van der Waals surface area contributed by atoms with Crippen LogP contribution in [0.3, 0.4) is 0 Å². The summed E-state index contributed by atoms with van der Waals surface area (Å²) in [5.41, 5.74) is 2.18. The molecule has 0 radical (unpaired) electrons. The normalized spacial score (nSPS) is 15.4. The van der Waals surface area contributed by atoms with E-state index in [-0.39, 0.29) is 5.91 Å². The van der Waals surface area contributed by atoms with E-state index in [1.165, 1.54) is 24.8 Å². The molecule has 0 saturated heterocycles. The van der Waals surface area contributed by atoms with Gasteiger partial charge in [0.2, 0.25) is 5.91 Å². The molecule has 0 aliphatic heterocycles. The van der Waals surface area contributed by atoms with Gasteiger partial charge in [-0.15, -0.1) is 0 Å². The summed E-state index contributed by atoms with van der Waals surface area (Å²) in [7, 11) is 0. The molecule has 24 heavy (non-hydrogen) atoms. The Morgan fingerprint density at radius 3 is 2.92 bits per heavy atom. The summed E-state index contributed by atoms with van der Waals surface area (Å²) in [4.78, 5) is 12.2. The van der Waals surface area contributed by atoms with Gasteiger partial charge in [-0.3, -0.25) is 14.5 Å². The van der Waals surface area contributed by atoms with Gasteiger partial charge >= 0.3 is 0 Å². The lowest BCUT2D eigenvalue weighted by atomic mass is 9.95. The molecule has 2 aromatic rings. The molecular formula is C18H24N4OS. The van der Waals surface area contributed by atoms with E-state index in [4.69, 9.17) is 12.2 Å². The van der Waals surface area contributed by atoms with E-state index in [0.717, 1.165) is 24.2 Å². The quantitative estimate of drug-likeness (QED) is 0.812. The Morgan fingerprint density at radius 2 is 2.17 bits per heavy atom. The molecule has 6 heteroatoms. The molecule has 1 fully saturated rings. The van der Waals surface area contributed by atoms with Crippen LogP contribution in [0, 0.1) is 11.7 Å². The SMILES string of the molecule is Cc1cccc(-c2n[nH]c(=S)n2CCC(=O)NC2CCCCC2)c1. The Morgan fingerprint density at radius 1 is 1.38 bits per heavy atom. The number of aryl methyl sites for hydroxylation is 1. The number of aromatic amines is 1. The Balaban J connectivity index is 1.66. The van der Waals surface area contributed by atoms with Gasteiger partial charge in [0.05, 0.1) is 0 Å². The molecule has 5 nitrogen and oxygen atoms in total. The molecule has 0 spiro atoms. The van der Waals surface area contributed by atoms with Gasteiger partial charge in [0.25, 0.3) is 0 Å². The van der Waals surface area contributed by atoms with E-state index < -0.39 is 0 Å². The summed E-state index contributed by atoms with van der Waals surface area (Å²) in [5.74, 6) is 0.884. The maximum Gasteiger partial charge on any atom is 0.222 e. The van der Waals surface area contributed by atoms with Crippen molar-refractivity contribution in [1.29, 1.82) is 0 Å². The Kier molecular flexibility index (Phi) is 5.45. The van der Waals surface area contributed by atoms with Crippen LogP contribution < -0.4 is 5.32 Å². The molecule has 1 amide bonds. The topological polar surface area (TPSA) is 62.7 Å². The number of hydrogen-bond donors (Lipinski definition) is 2. The van der Waals surface area contributed by atoms with E-state index in [0.29, 0.717) is 23.8 Å². The molecule has 1 heterocycles. The highest BCUT2D eigenvalue weighted by Gasteiger charge is 2.16. The van der Waals surface area contributed by atoms with Crippen molar-refractivity contribution in [2.24, 2.45) is 0 Å². The smallest absolute Gasteiger partial charge is 0.222 e. The third-order valence-electron chi connectivity index (χ3n) is 4.57. The number of nitrogens with one attached hydrogen (secondary N) is 2. The predicted octanol–water partition coefficient (Wildman–Crippen LogP) is 3.76. The van der Waals surface area contributed by atoms with Crippen LogP contribution in [-0.2, 0) is 11.3 Å². The number of amides is 1. The maximum atomic E-state index is 12.2. The van der Waals surface area contributed by atoms with Crippen molar-refractivity contribution in [2.45, 2.75) is 58.0 Å². The van der Waals surface area contributed by atoms with Crippen molar-refractivity contribution in [1.82, 2.24) is 20.1 Å². The molecule has 0 bridgehead atoms. The lowest BCUT2D eigenvalue weighted by molar-refractivity contribution is -0.122. The molecule has 1 aromatic carbocycles. The van der Waals surface area contributed by atoms with Gasteiger partial charge in [-0.05, 0) is 38.0 Å². The van der Waals surface area contributed by atoms with Crippen LogP contribution in [0.4, 0.5) is 0 Å². The first kappa shape index (κ1) is 16.9. The van der Waals surface area contributed by atoms with Gasteiger partial charge in [-0.25, -0.2) is 0 Å².